The van der Waals surface area contributed by atoms with Crippen molar-refractivity contribution in [2.45, 2.75) is 161 Å². The molecule has 1 rings (SSSR count). The van der Waals surface area contributed by atoms with Crippen molar-refractivity contribution < 1.29 is 28.9 Å². The second-order valence-electron chi connectivity index (χ2n) is 10.6. The van der Waals surface area contributed by atoms with Crippen molar-refractivity contribution in [3.8, 4) is 0 Å². The van der Waals surface area contributed by atoms with E-state index in [-0.39, 0.29) is 25.2 Å². The van der Waals surface area contributed by atoms with Gasteiger partial charge in [-0.3, -0.25) is 9.59 Å². The van der Waals surface area contributed by atoms with E-state index in [1.165, 1.54) is 57.8 Å². The Hall–Kier alpha value is -1.40. The molecule has 1 heterocycles. The minimum Gasteiger partial charge on any atom is -0.462 e. The Morgan fingerprint density at radius 2 is 1.35 bits per heavy atom. The molecule has 0 saturated carbocycles. The van der Waals surface area contributed by atoms with Crippen molar-refractivity contribution in [1.82, 2.24) is 0 Å². The summed E-state index contributed by atoms with van der Waals surface area (Å²) in [6.45, 7) is 4.02. The van der Waals surface area contributed by atoms with Crippen LogP contribution in [0.2, 0.25) is 0 Å². The topological polar surface area (TPSA) is 85.4 Å². The van der Waals surface area contributed by atoms with Crippen molar-refractivity contribution in [3.05, 3.63) is 12.2 Å². The minimum absolute atomic E-state index is 0.0748. The largest absolute Gasteiger partial charge is 0.462 e. The number of aliphatic hydroxyl groups is 1. The lowest BCUT2D eigenvalue weighted by Crippen LogP contribution is -2.28. The predicted molar refractivity (Wildman–Crippen MR) is 149 cm³/mol. The Bertz CT molecular complexity index is 590. The average Bonchev–Trinajstić information content (AvgIpc) is 3.65. The third-order valence-electron chi connectivity index (χ3n) is 6.98. The molecule has 1 fully saturated rings. The molecule has 0 radical (unpaired) electrons. The van der Waals surface area contributed by atoms with Crippen LogP contribution in [0.25, 0.3) is 0 Å². The van der Waals surface area contributed by atoms with Gasteiger partial charge in [0.25, 0.3) is 0 Å². The first-order chi connectivity index (χ1) is 18.1. The van der Waals surface area contributed by atoms with Crippen LogP contribution < -0.4 is 0 Å². The summed E-state index contributed by atoms with van der Waals surface area (Å²) in [5.41, 5.74) is 0. The van der Waals surface area contributed by atoms with Crippen LogP contribution in [0.1, 0.15) is 142 Å². The highest BCUT2D eigenvalue weighted by Crippen LogP contribution is 2.30. The van der Waals surface area contributed by atoms with E-state index in [4.69, 9.17) is 14.2 Å². The van der Waals surface area contributed by atoms with Gasteiger partial charge in [-0.25, -0.2) is 0 Å². The molecule has 1 aliphatic rings. The molecule has 6 heteroatoms. The Labute approximate surface area is 226 Å². The number of hydrogen-bond donors (Lipinski definition) is 1. The van der Waals surface area contributed by atoms with Crippen LogP contribution in [0, 0.1) is 0 Å². The number of allylic oxidation sites excluding steroid dienone is 1. The molecule has 3 atom stereocenters. The van der Waals surface area contributed by atoms with Gasteiger partial charge in [-0.15, -0.1) is 0 Å². The summed E-state index contributed by atoms with van der Waals surface area (Å²) in [4.78, 5) is 23.9. The summed E-state index contributed by atoms with van der Waals surface area (Å²) in [7, 11) is 0. The second kappa shape index (κ2) is 23.7. The van der Waals surface area contributed by atoms with Crippen LogP contribution in [0.3, 0.4) is 0 Å². The zero-order valence-electron chi connectivity index (χ0n) is 23.9. The predicted octanol–water partition coefficient (Wildman–Crippen LogP) is 7.60. The minimum atomic E-state index is -0.772. The summed E-state index contributed by atoms with van der Waals surface area (Å²) in [5, 5.41) is 9.44. The monoisotopic (exact) mass is 524 g/mol. The number of hydrogen-bond acceptors (Lipinski definition) is 6. The van der Waals surface area contributed by atoms with Crippen LogP contribution in [-0.2, 0) is 23.8 Å². The summed E-state index contributed by atoms with van der Waals surface area (Å²) < 4.78 is 16.2. The zero-order valence-corrected chi connectivity index (χ0v) is 23.9. The lowest BCUT2D eigenvalue weighted by Gasteiger charge is -2.15. The van der Waals surface area contributed by atoms with Crippen LogP contribution in [-0.4, -0.2) is 48.6 Å². The van der Waals surface area contributed by atoms with Gasteiger partial charge in [0.2, 0.25) is 0 Å². The molecule has 0 bridgehead atoms. The molecule has 1 N–H and O–H groups in total. The highest BCUT2D eigenvalue weighted by Gasteiger charge is 2.36. The van der Waals surface area contributed by atoms with Gasteiger partial charge < -0.3 is 19.3 Å². The molecule has 6 nitrogen and oxygen atoms in total. The first kappa shape index (κ1) is 33.6. The molecule has 0 aliphatic carbocycles. The first-order valence-corrected chi connectivity index (χ1v) is 15.4. The smallest absolute Gasteiger partial charge is 0.306 e. The van der Waals surface area contributed by atoms with E-state index >= 15 is 0 Å². The van der Waals surface area contributed by atoms with Crippen molar-refractivity contribution in [2.24, 2.45) is 0 Å². The number of carbonyl (C=O) groups excluding carboxylic acids is 2. The van der Waals surface area contributed by atoms with E-state index in [0.717, 1.165) is 57.8 Å². The van der Waals surface area contributed by atoms with Crippen molar-refractivity contribution >= 4 is 11.9 Å². The van der Waals surface area contributed by atoms with Gasteiger partial charge in [0.1, 0.15) is 6.61 Å². The van der Waals surface area contributed by atoms with Gasteiger partial charge in [0.05, 0.1) is 18.8 Å². The van der Waals surface area contributed by atoms with Gasteiger partial charge in [0, 0.05) is 12.8 Å². The molecular formula is C31H56O6. The lowest BCUT2D eigenvalue weighted by atomic mass is 10.1. The maximum absolute atomic E-state index is 12.0. The lowest BCUT2D eigenvalue weighted by molar-refractivity contribution is -0.161. The molecule has 0 aromatic carbocycles. The molecule has 0 aromatic rings. The Kier molecular flexibility index (Phi) is 21.5. The number of epoxide rings is 1. The summed E-state index contributed by atoms with van der Waals surface area (Å²) >= 11 is 0. The van der Waals surface area contributed by atoms with Crippen molar-refractivity contribution in [1.29, 1.82) is 0 Å². The normalized spacial score (nSPS) is 17.7. The Morgan fingerprint density at radius 3 is 2.03 bits per heavy atom. The molecule has 1 aliphatic heterocycles. The average molecular weight is 525 g/mol. The van der Waals surface area contributed by atoms with Crippen LogP contribution in [0.4, 0.5) is 0 Å². The number of aliphatic hydroxyl groups excluding tert-OH is 1. The standard InChI is InChI=1S/C31H56O6/c1-3-5-7-9-11-15-20-24-31(34)36-27(25-32)26-35-30(33)23-19-16-12-14-18-22-29-28(37-29)21-17-13-10-8-6-4-2/h13,17,27-29,32H,3-12,14-16,18-26H2,1-2H3/b17-13-/t27-,28?,29?/m0/s1. The molecule has 37 heavy (non-hydrogen) atoms. The molecule has 1 saturated heterocycles. The Morgan fingerprint density at radius 1 is 0.757 bits per heavy atom. The number of carbonyl (C=O) groups is 2. The zero-order chi connectivity index (χ0) is 27.0. The van der Waals surface area contributed by atoms with Crippen molar-refractivity contribution in [3.63, 3.8) is 0 Å². The maximum Gasteiger partial charge on any atom is 0.306 e. The van der Waals surface area contributed by atoms with E-state index < -0.39 is 6.10 Å². The van der Waals surface area contributed by atoms with E-state index in [1.807, 2.05) is 0 Å². The third kappa shape index (κ3) is 20.3. The fraction of sp³-hybridized carbons (Fsp3) is 0.871. The fourth-order valence-corrected chi connectivity index (χ4v) is 4.50. The van der Waals surface area contributed by atoms with Crippen LogP contribution >= 0.6 is 0 Å². The van der Waals surface area contributed by atoms with Gasteiger partial charge in [-0.2, -0.15) is 0 Å². The van der Waals surface area contributed by atoms with E-state index in [1.54, 1.807) is 0 Å². The van der Waals surface area contributed by atoms with E-state index in [2.05, 4.69) is 26.0 Å². The van der Waals surface area contributed by atoms with Crippen LogP contribution in [0.15, 0.2) is 12.2 Å². The fourth-order valence-electron chi connectivity index (χ4n) is 4.50. The van der Waals surface area contributed by atoms with Crippen molar-refractivity contribution in [2.75, 3.05) is 13.2 Å². The summed E-state index contributed by atoms with van der Waals surface area (Å²) in [5.74, 6) is -0.621. The molecular weight excluding hydrogens is 468 g/mol. The summed E-state index contributed by atoms with van der Waals surface area (Å²) in [6, 6.07) is 0. The van der Waals surface area contributed by atoms with Gasteiger partial charge >= 0.3 is 11.9 Å². The van der Waals surface area contributed by atoms with Gasteiger partial charge in [-0.05, 0) is 38.5 Å². The van der Waals surface area contributed by atoms with E-state index in [0.29, 0.717) is 25.0 Å². The van der Waals surface area contributed by atoms with Gasteiger partial charge in [-0.1, -0.05) is 103 Å². The Balaban J connectivity index is 1.93. The molecule has 2 unspecified atom stereocenters. The highest BCUT2D eigenvalue weighted by atomic mass is 16.6. The number of unbranched alkanes of at least 4 members (excludes halogenated alkanes) is 13. The molecule has 0 spiro atoms. The first-order valence-electron chi connectivity index (χ1n) is 15.4. The molecule has 0 amide bonds. The van der Waals surface area contributed by atoms with E-state index in [9.17, 15) is 14.7 Å². The number of ether oxygens (including phenoxy) is 3. The second-order valence-corrected chi connectivity index (χ2v) is 10.6. The van der Waals surface area contributed by atoms with Gasteiger partial charge in [0.15, 0.2) is 6.10 Å². The summed E-state index contributed by atoms with van der Waals surface area (Å²) in [6.07, 6.45) is 25.8. The third-order valence-corrected chi connectivity index (χ3v) is 6.98. The SMILES string of the molecule is CCCCC/C=C\CC1OC1CCCCCCCC(=O)OC[C@H](CO)OC(=O)CCCCCCCCC. The maximum atomic E-state index is 12.0. The highest BCUT2D eigenvalue weighted by molar-refractivity contribution is 5.70. The van der Waals surface area contributed by atoms with Crippen LogP contribution in [0.5, 0.6) is 0 Å². The molecule has 0 aromatic heterocycles. The quantitative estimate of drug-likeness (QED) is 0.0543. The number of rotatable bonds is 26. The number of esters is 2. The molecule has 216 valence electrons.